The van der Waals surface area contributed by atoms with Gasteiger partial charge in [0.2, 0.25) is 11.7 Å². The lowest BCUT2D eigenvalue weighted by Crippen LogP contribution is -2.46. The van der Waals surface area contributed by atoms with Crippen molar-refractivity contribution in [1.82, 2.24) is 15.0 Å². The van der Waals surface area contributed by atoms with E-state index in [9.17, 15) is 14.9 Å². The summed E-state index contributed by atoms with van der Waals surface area (Å²) in [5.41, 5.74) is 1.47. The first-order valence-electron chi connectivity index (χ1n) is 9.87. The Morgan fingerprint density at radius 1 is 1.19 bits per heavy atom. The van der Waals surface area contributed by atoms with Crippen LogP contribution in [-0.4, -0.2) is 59.2 Å². The van der Waals surface area contributed by atoms with Gasteiger partial charge in [0.05, 0.1) is 29.8 Å². The van der Waals surface area contributed by atoms with Crippen molar-refractivity contribution in [2.24, 2.45) is 0 Å². The van der Waals surface area contributed by atoms with E-state index in [-0.39, 0.29) is 11.3 Å². The summed E-state index contributed by atoms with van der Waals surface area (Å²) in [6, 6.07) is 11.4. The topological polar surface area (TPSA) is 115 Å². The number of carbonyl (C=O) groups is 1. The average Bonchev–Trinajstić information content (AvgIpc) is 3.27. The number of carbonyl (C=O) groups excluding carboxylic acids is 1. The number of halogens is 1. The number of methoxy groups -OCH3 is 1. The summed E-state index contributed by atoms with van der Waals surface area (Å²) in [4.78, 5) is 31.4. The molecule has 2 heterocycles. The van der Waals surface area contributed by atoms with Crippen molar-refractivity contribution in [3.8, 4) is 11.4 Å². The second kappa shape index (κ2) is 9.33. The number of aromatic nitrogens is 2. The second-order valence-corrected chi connectivity index (χ2v) is 7.67. The van der Waals surface area contributed by atoms with Gasteiger partial charge in [-0.3, -0.25) is 15.0 Å². The van der Waals surface area contributed by atoms with Crippen LogP contribution in [-0.2, 0) is 11.3 Å². The SMILES string of the molecule is COC(=O)c1cc([N+](=O)[O-])ccc1N1CCN(Cc2nc(-c3ccc(Cl)cc3)no2)CC1. The smallest absolute Gasteiger partial charge is 0.340 e. The van der Waals surface area contributed by atoms with Gasteiger partial charge in [0.25, 0.3) is 5.69 Å². The number of benzene rings is 2. The summed E-state index contributed by atoms with van der Waals surface area (Å²) in [7, 11) is 1.26. The minimum atomic E-state index is -0.605. The van der Waals surface area contributed by atoms with Crippen LogP contribution in [0.3, 0.4) is 0 Å². The molecule has 4 rings (SSSR count). The summed E-state index contributed by atoms with van der Waals surface area (Å²) in [6.45, 7) is 3.13. The van der Waals surface area contributed by atoms with Crippen molar-refractivity contribution in [3.05, 3.63) is 69.1 Å². The lowest BCUT2D eigenvalue weighted by atomic mass is 10.1. The van der Waals surface area contributed by atoms with Gasteiger partial charge in [0.15, 0.2) is 0 Å². The fourth-order valence-corrected chi connectivity index (χ4v) is 3.69. The Kier molecular flexibility index (Phi) is 6.33. The molecule has 166 valence electrons. The van der Waals surface area contributed by atoms with Crippen LogP contribution in [0.5, 0.6) is 0 Å². The Morgan fingerprint density at radius 2 is 1.91 bits per heavy atom. The number of hydrogen-bond donors (Lipinski definition) is 0. The maximum atomic E-state index is 12.2. The van der Waals surface area contributed by atoms with Crippen LogP contribution in [0, 0.1) is 10.1 Å². The zero-order valence-electron chi connectivity index (χ0n) is 17.2. The largest absolute Gasteiger partial charge is 0.465 e. The molecule has 3 aromatic rings. The van der Waals surface area contributed by atoms with Gasteiger partial charge in [-0.1, -0.05) is 16.8 Å². The molecule has 10 nitrogen and oxygen atoms in total. The van der Waals surface area contributed by atoms with E-state index in [1.165, 1.54) is 19.2 Å². The average molecular weight is 458 g/mol. The molecule has 11 heteroatoms. The van der Waals surface area contributed by atoms with E-state index in [1.54, 1.807) is 18.2 Å². The fourth-order valence-electron chi connectivity index (χ4n) is 3.56. The molecule has 0 aliphatic carbocycles. The number of non-ortho nitro benzene ring substituents is 1. The minimum absolute atomic E-state index is 0.152. The van der Waals surface area contributed by atoms with Crippen molar-refractivity contribution >= 4 is 28.9 Å². The zero-order valence-corrected chi connectivity index (χ0v) is 18.0. The molecular weight excluding hydrogens is 438 g/mol. The van der Waals surface area contributed by atoms with Gasteiger partial charge in [-0.2, -0.15) is 4.98 Å². The number of anilines is 1. The molecule has 1 aliphatic rings. The quantitative estimate of drug-likeness (QED) is 0.312. The van der Waals surface area contributed by atoms with E-state index in [0.717, 1.165) is 5.56 Å². The molecule has 0 N–H and O–H groups in total. The van der Waals surface area contributed by atoms with E-state index < -0.39 is 10.9 Å². The molecule has 0 spiro atoms. The number of piperazine rings is 1. The van der Waals surface area contributed by atoms with Gasteiger partial charge >= 0.3 is 5.97 Å². The number of nitro groups is 1. The standard InChI is InChI=1S/C21H20ClN5O5/c1-31-21(28)17-12-16(27(29)30)6-7-18(17)26-10-8-25(9-11-26)13-19-23-20(24-32-19)14-2-4-15(22)5-3-14/h2-7,12H,8-11,13H2,1H3. The second-order valence-electron chi connectivity index (χ2n) is 7.23. The van der Waals surface area contributed by atoms with Crippen molar-refractivity contribution in [2.75, 3.05) is 38.2 Å². The number of nitrogens with zero attached hydrogens (tertiary/aromatic N) is 5. The first-order chi connectivity index (χ1) is 15.4. The predicted molar refractivity (Wildman–Crippen MR) is 117 cm³/mol. The van der Waals surface area contributed by atoms with Crippen LogP contribution in [0.25, 0.3) is 11.4 Å². The molecule has 0 bridgehead atoms. The Morgan fingerprint density at radius 3 is 2.56 bits per heavy atom. The monoisotopic (exact) mass is 457 g/mol. The molecule has 0 radical (unpaired) electrons. The van der Waals surface area contributed by atoms with Gasteiger partial charge in [-0.15, -0.1) is 0 Å². The van der Waals surface area contributed by atoms with Crippen molar-refractivity contribution in [1.29, 1.82) is 0 Å². The van der Waals surface area contributed by atoms with E-state index >= 15 is 0 Å². The molecule has 0 amide bonds. The van der Waals surface area contributed by atoms with Crippen LogP contribution >= 0.6 is 11.6 Å². The fraction of sp³-hybridized carbons (Fsp3) is 0.286. The summed E-state index contributed by atoms with van der Waals surface area (Å²) in [6.07, 6.45) is 0. The first-order valence-corrected chi connectivity index (χ1v) is 10.2. The lowest BCUT2D eigenvalue weighted by molar-refractivity contribution is -0.384. The number of rotatable bonds is 6. The maximum Gasteiger partial charge on any atom is 0.340 e. The highest BCUT2D eigenvalue weighted by molar-refractivity contribution is 6.30. The highest BCUT2D eigenvalue weighted by Gasteiger charge is 2.25. The highest BCUT2D eigenvalue weighted by Crippen LogP contribution is 2.27. The summed E-state index contributed by atoms with van der Waals surface area (Å²) in [5.74, 6) is 0.407. The number of nitro benzene ring substituents is 1. The number of hydrogen-bond acceptors (Lipinski definition) is 9. The molecule has 0 atom stereocenters. The lowest BCUT2D eigenvalue weighted by Gasteiger charge is -2.36. The normalized spacial score (nSPS) is 14.4. The molecule has 2 aromatic carbocycles. The van der Waals surface area contributed by atoms with Gasteiger partial charge in [-0.05, 0) is 30.3 Å². The molecular formula is C21H20ClN5O5. The zero-order chi connectivity index (χ0) is 22.7. The Hall–Kier alpha value is -3.50. The van der Waals surface area contributed by atoms with Crippen LogP contribution < -0.4 is 4.90 Å². The van der Waals surface area contributed by atoms with E-state index in [1.807, 2.05) is 17.0 Å². The molecule has 1 aromatic heterocycles. The third-order valence-electron chi connectivity index (χ3n) is 5.24. The summed E-state index contributed by atoms with van der Waals surface area (Å²) >= 11 is 5.92. The molecule has 1 aliphatic heterocycles. The molecule has 32 heavy (non-hydrogen) atoms. The van der Waals surface area contributed by atoms with Crippen LogP contribution in [0.2, 0.25) is 5.02 Å². The minimum Gasteiger partial charge on any atom is -0.465 e. The van der Waals surface area contributed by atoms with Crippen molar-refractivity contribution < 1.29 is 19.0 Å². The third kappa shape index (κ3) is 4.71. The molecule has 0 unspecified atom stereocenters. The third-order valence-corrected chi connectivity index (χ3v) is 5.49. The van der Waals surface area contributed by atoms with Gasteiger partial charge < -0.3 is 14.2 Å². The summed E-state index contributed by atoms with van der Waals surface area (Å²) < 4.78 is 10.2. The molecule has 1 saturated heterocycles. The molecule has 1 fully saturated rings. The van der Waals surface area contributed by atoms with Gasteiger partial charge in [-0.25, -0.2) is 4.79 Å². The van der Waals surface area contributed by atoms with E-state index in [2.05, 4.69) is 15.0 Å². The van der Waals surface area contributed by atoms with E-state index in [0.29, 0.717) is 55.1 Å². The Balaban J connectivity index is 1.41. The number of ether oxygens (including phenoxy) is 1. The molecule has 0 saturated carbocycles. The van der Waals surface area contributed by atoms with E-state index in [4.69, 9.17) is 20.9 Å². The van der Waals surface area contributed by atoms with Crippen LogP contribution in [0.4, 0.5) is 11.4 Å². The highest BCUT2D eigenvalue weighted by atomic mass is 35.5. The van der Waals surface area contributed by atoms with Crippen LogP contribution in [0.15, 0.2) is 47.0 Å². The van der Waals surface area contributed by atoms with Crippen LogP contribution in [0.1, 0.15) is 16.2 Å². The predicted octanol–water partition coefficient (Wildman–Crippen LogP) is 3.41. The maximum absolute atomic E-state index is 12.2. The van der Waals surface area contributed by atoms with Gasteiger partial charge in [0, 0.05) is 48.9 Å². The summed E-state index contributed by atoms with van der Waals surface area (Å²) in [5, 5.41) is 15.8. The Bertz CT molecular complexity index is 1130. The van der Waals surface area contributed by atoms with Gasteiger partial charge in [0.1, 0.15) is 0 Å². The van der Waals surface area contributed by atoms with Crippen molar-refractivity contribution in [3.63, 3.8) is 0 Å². The number of esters is 1. The Labute approximate surface area is 188 Å². The van der Waals surface area contributed by atoms with Crippen molar-refractivity contribution in [2.45, 2.75) is 6.54 Å². The first kappa shape index (κ1) is 21.7.